The second kappa shape index (κ2) is 8.80. The predicted molar refractivity (Wildman–Crippen MR) is 95.0 cm³/mol. The first-order valence-electron chi connectivity index (χ1n) is 8.37. The maximum Gasteiger partial charge on any atom is 0.317 e. The topological polar surface area (TPSA) is 54.5 Å². The van der Waals surface area contributed by atoms with Crippen LogP contribution in [0.1, 0.15) is 23.3 Å². The highest BCUT2D eigenvalue weighted by Crippen LogP contribution is 2.17. The molecule has 1 N–H and O–H groups in total. The van der Waals surface area contributed by atoms with Gasteiger partial charge in [0.1, 0.15) is 0 Å². The molecule has 24 heavy (non-hydrogen) atoms. The molecule has 0 unspecified atom stereocenters. The van der Waals surface area contributed by atoms with Gasteiger partial charge in [-0.05, 0) is 42.3 Å². The average molecular weight is 345 g/mol. The van der Waals surface area contributed by atoms with Gasteiger partial charge in [0.15, 0.2) is 0 Å². The lowest BCUT2D eigenvalue weighted by Crippen LogP contribution is -2.43. The van der Waals surface area contributed by atoms with Crippen molar-refractivity contribution in [1.29, 1.82) is 0 Å². The molecule has 0 bridgehead atoms. The van der Waals surface area contributed by atoms with E-state index in [4.69, 9.17) is 4.74 Å². The Morgan fingerprint density at radius 1 is 1.42 bits per heavy atom. The second-order valence-corrected chi connectivity index (χ2v) is 6.97. The van der Waals surface area contributed by atoms with Gasteiger partial charge in [-0.3, -0.25) is 4.98 Å². The Morgan fingerprint density at radius 2 is 2.38 bits per heavy atom. The summed E-state index contributed by atoms with van der Waals surface area (Å²) >= 11 is 1.68. The van der Waals surface area contributed by atoms with E-state index < -0.39 is 0 Å². The van der Waals surface area contributed by atoms with Gasteiger partial charge in [0.2, 0.25) is 0 Å². The molecule has 1 aliphatic rings. The number of thiophene rings is 1. The van der Waals surface area contributed by atoms with E-state index in [1.54, 1.807) is 17.5 Å². The van der Waals surface area contributed by atoms with Gasteiger partial charge in [-0.2, -0.15) is 0 Å². The van der Waals surface area contributed by atoms with Crippen molar-refractivity contribution in [3.05, 3.63) is 52.5 Å². The maximum atomic E-state index is 12.6. The minimum atomic E-state index is -0.0252. The van der Waals surface area contributed by atoms with Crippen LogP contribution in [0.15, 0.2) is 42.0 Å². The number of nitrogens with one attached hydrogen (secondary N) is 1. The summed E-state index contributed by atoms with van der Waals surface area (Å²) < 4.78 is 5.70. The number of carbonyl (C=O) groups is 1. The van der Waals surface area contributed by atoms with Crippen molar-refractivity contribution in [3.63, 3.8) is 0 Å². The van der Waals surface area contributed by atoms with Crippen molar-refractivity contribution < 1.29 is 9.53 Å². The molecule has 3 rings (SSSR count). The molecular formula is C18H23N3O2S. The van der Waals surface area contributed by atoms with Crippen LogP contribution < -0.4 is 5.32 Å². The summed E-state index contributed by atoms with van der Waals surface area (Å²) in [7, 11) is 0. The summed E-state index contributed by atoms with van der Waals surface area (Å²) in [6, 6.07) is 8.00. The monoisotopic (exact) mass is 345 g/mol. The Balaban J connectivity index is 1.53. The number of carbonyl (C=O) groups excluding carboxylic acids is 1. The molecule has 2 aromatic heterocycles. The molecule has 1 saturated heterocycles. The van der Waals surface area contributed by atoms with Gasteiger partial charge in [-0.25, -0.2) is 4.79 Å². The lowest BCUT2D eigenvalue weighted by molar-refractivity contribution is 0.0798. The smallest absolute Gasteiger partial charge is 0.317 e. The van der Waals surface area contributed by atoms with Crippen LogP contribution in [0.2, 0.25) is 0 Å². The number of hydrogen-bond acceptors (Lipinski definition) is 4. The van der Waals surface area contributed by atoms with Gasteiger partial charge in [-0.1, -0.05) is 12.1 Å². The maximum absolute atomic E-state index is 12.6. The minimum absolute atomic E-state index is 0.0252. The summed E-state index contributed by atoms with van der Waals surface area (Å²) in [6.45, 7) is 2.70. The summed E-state index contributed by atoms with van der Waals surface area (Å²) in [5.41, 5.74) is 1.13. The fourth-order valence-electron chi connectivity index (χ4n) is 2.82. The Bertz CT molecular complexity index is 612. The third-order valence-electron chi connectivity index (χ3n) is 4.07. The van der Waals surface area contributed by atoms with Crippen LogP contribution in [-0.4, -0.2) is 41.7 Å². The fourth-order valence-corrected chi connectivity index (χ4v) is 3.54. The van der Waals surface area contributed by atoms with Gasteiger partial charge in [0.05, 0.1) is 12.6 Å². The zero-order valence-corrected chi connectivity index (χ0v) is 14.5. The lowest BCUT2D eigenvalue weighted by Gasteiger charge is -2.25. The van der Waals surface area contributed by atoms with Crippen LogP contribution in [0.5, 0.6) is 0 Å². The van der Waals surface area contributed by atoms with Crippen molar-refractivity contribution in [3.8, 4) is 0 Å². The number of urea groups is 1. The summed E-state index contributed by atoms with van der Waals surface area (Å²) in [4.78, 5) is 19.7. The lowest BCUT2D eigenvalue weighted by atomic mass is 10.2. The number of amides is 2. The molecule has 2 amide bonds. The van der Waals surface area contributed by atoms with Crippen LogP contribution in [-0.2, 0) is 17.7 Å². The zero-order valence-electron chi connectivity index (χ0n) is 13.7. The largest absolute Gasteiger partial charge is 0.376 e. The van der Waals surface area contributed by atoms with E-state index in [0.717, 1.165) is 31.4 Å². The van der Waals surface area contributed by atoms with E-state index >= 15 is 0 Å². The first-order valence-corrected chi connectivity index (χ1v) is 9.25. The molecular weight excluding hydrogens is 322 g/mol. The number of hydrogen-bond donors (Lipinski definition) is 1. The SMILES string of the molecule is O=C(NCCc1cccnc1)N(Cc1cccs1)C[C@@H]1CCCO1. The summed E-state index contributed by atoms with van der Waals surface area (Å²) in [5.74, 6) is 0. The van der Waals surface area contributed by atoms with Crippen molar-refractivity contribution in [2.75, 3.05) is 19.7 Å². The molecule has 128 valence electrons. The quantitative estimate of drug-likeness (QED) is 0.839. The van der Waals surface area contributed by atoms with Gasteiger partial charge in [0, 0.05) is 37.0 Å². The predicted octanol–water partition coefficient (Wildman–Crippen LogP) is 3.08. The van der Waals surface area contributed by atoms with E-state index in [0.29, 0.717) is 19.6 Å². The van der Waals surface area contributed by atoms with E-state index in [1.165, 1.54) is 4.88 Å². The first kappa shape index (κ1) is 16.9. The average Bonchev–Trinajstić information content (AvgIpc) is 3.29. The number of rotatable bonds is 7. The molecule has 6 heteroatoms. The summed E-state index contributed by atoms with van der Waals surface area (Å²) in [5, 5.41) is 5.07. The highest BCUT2D eigenvalue weighted by molar-refractivity contribution is 7.09. The molecule has 5 nitrogen and oxygen atoms in total. The third-order valence-corrected chi connectivity index (χ3v) is 4.94. The molecule has 2 aromatic rings. The highest BCUT2D eigenvalue weighted by Gasteiger charge is 2.22. The molecule has 0 aromatic carbocycles. The number of nitrogens with zero attached hydrogens (tertiary/aromatic N) is 2. The standard InChI is InChI=1S/C18H23N3O2S/c22-18(20-9-7-15-4-1-8-19-12-15)21(13-16-5-2-10-23-16)14-17-6-3-11-24-17/h1,3-4,6,8,11-12,16H,2,5,7,9-10,13-14H2,(H,20,22)/t16-/m0/s1. The normalized spacial score (nSPS) is 16.9. The van der Waals surface area contributed by atoms with E-state index in [1.807, 2.05) is 34.7 Å². The fraction of sp³-hybridized carbons (Fsp3) is 0.444. The molecule has 1 aliphatic heterocycles. The van der Waals surface area contributed by atoms with Crippen LogP contribution in [0.25, 0.3) is 0 Å². The third kappa shape index (κ3) is 5.04. The zero-order chi connectivity index (χ0) is 16.6. The Kier molecular flexibility index (Phi) is 6.20. The van der Waals surface area contributed by atoms with Crippen LogP contribution >= 0.6 is 11.3 Å². The molecule has 1 atom stereocenters. The van der Waals surface area contributed by atoms with E-state index in [2.05, 4.69) is 16.4 Å². The second-order valence-electron chi connectivity index (χ2n) is 5.94. The summed E-state index contributed by atoms with van der Waals surface area (Å²) in [6.07, 6.45) is 6.65. The van der Waals surface area contributed by atoms with Gasteiger partial charge >= 0.3 is 6.03 Å². The van der Waals surface area contributed by atoms with Crippen LogP contribution in [0, 0.1) is 0 Å². The molecule has 0 spiro atoms. The van der Waals surface area contributed by atoms with Gasteiger partial charge in [0.25, 0.3) is 0 Å². The molecule has 0 aliphatic carbocycles. The molecule has 1 fully saturated rings. The van der Waals surface area contributed by atoms with Gasteiger partial charge < -0.3 is 15.0 Å². The van der Waals surface area contributed by atoms with E-state index in [9.17, 15) is 4.79 Å². The van der Waals surface area contributed by atoms with Gasteiger partial charge in [-0.15, -0.1) is 11.3 Å². The van der Waals surface area contributed by atoms with Crippen molar-refractivity contribution in [2.24, 2.45) is 0 Å². The van der Waals surface area contributed by atoms with Crippen LogP contribution in [0.4, 0.5) is 4.79 Å². The number of pyridine rings is 1. The molecule has 0 saturated carbocycles. The van der Waals surface area contributed by atoms with Crippen molar-refractivity contribution in [1.82, 2.24) is 15.2 Å². The van der Waals surface area contributed by atoms with Crippen molar-refractivity contribution >= 4 is 17.4 Å². The minimum Gasteiger partial charge on any atom is -0.376 e. The Labute approximate surface area is 146 Å². The molecule has 3 heterocycles. The highest BCUT2D eigenvalue weighted by atomic mass is 32.1. The van der Waals surface area contributed by atoms with Crippen LogP contribution in [0.3, 0.4) is 0 Å². The molecule has 0 radical (unpaired) electrons. The number of ether oxygens (including phenoxy) is 1. The first-order chi connectivity index (χ1) is 11.8. The Morgan fingerprint density at radius 3 is 3.08 bits per heavy atom. The van der Waals surface area contributed by atoms with E-state index in [-0.39, 0.29) is 12.1 Å². The Hall–Kier alpha value is -1.92. The van der Waals surface area contributed by atoms with Crippen molar-refractivity contribution in [2.45, 2.75) is 31.9 Å². The number of aromatic nitrogens is 1.